The molecule has 12 heteroatoms. The number of hydrogen-bond donors (Lipinski definition) is 1. The first-order valence-corrected chi connectivity index (χ1v) is 12.2. The maximum absolute atomic E-state index is 13.0. The molecule has 0 atom stereocenters. The van der Waals surface area contributed by atoms with Crippen molar-refractivity contribution in [2.75, 3.05) is 0 Å². The Morgan fingerprint density at radius 2 is 1.53 bits per heavy atom. The predicted octanol–water partition coefficient (Wildman–Crippen LogP) is 1.06. The topological polar surface area (TPSA) is 142 Å². The lowest BCUT2D eigenvalue weighted by Gasteiger charge is -2.17. The number of hydrogen-bond acceptors (Lipinski definition) is 7. The summed E-state index contributed by atoms with van der Waals surface area (Å²) < 4.78 is 63.7. The van der Waals surface area contributed by atoms with Gasteiger partial charge in [0.1, 0.15) is 4.90 Å². The first-order valence-electron chi connectivity index (χ1n) is 9.22. The van der Waals surface area contributed by atoms with Crippen molar-refractivity contribution < 1.29 is 25.6 Å². The van der Waals surface area contributed by atoms with E-state index >= 15 is 0 Å². The molecule has 0 saturated heterocycles. The van der Waals surface area contributed by atoms with Gasteiger partial charge in [-0.1, -0.05) is 48.0 Å². The molecule has 0 bridgehead atoms. The molecule has 0 aliphatic carbocycles. The third-order valence-corrected chi connectivity index (χ3v) is 6.41. The van der Waals surface area contributed by atoms with Gasteiger partial charge in [0.25, 0.3) is 15.7 Å². The highest BCUT2D eigenvalue weighted by Gasteiger charge is 2.26. The molecule has 3 aromatic rings. The normalized spacial score (nSPS) is 12.0. The Morgan fingerprint density at radius 3 is 2.09 bits per heavy atom. The smallest absolute Gasteiger partial charge is 0.340 e. The Morgan fingerprint density at radius 1 is 0.938 bits per heavy atom. The highest BCUT2D eigenvalue weighted by atomic mass is 32.2. The summed E-state index contributed by atoms with van der Waals surface area (Å²) >= 11 is 0. The molecule has 1 heterocycles. The van der Waals surface area contributed by atoms with E-state index in [1.807, 2.05) is 0 Å². The first kappa shape index (κ1) is 23.4. The largest absolute Gasteiger partial charge is 0.359 e. The fourth-order valence-corrected chi connectivity index (χ4v) is 4.54. The fraction of sp³-hybridized carbons (Fsp3) is 0.200. The summed E-state index contributed by atoms with van der Waals surface area (Å²) in [7, 11) is -8.02. The van der Waals surface area contributed by atoms with Gasteiger partial charge in [0.2, 0.25) is 5.88 Å². The van der Waals surface area contributed by atoms with E-state index < -0.39 is 43.2 Å². The first-order chi connectivity index (χ1) is 14.9. The van der Waals surface area contributed by atoms with Crippen molar-refractivity contribution in [1.29, 1.82) is 0 Å². The van der Waals surface area contributed by atoms with Gasteiger partial charge in [0.15, 0.2) is 5.88 Å². The second kappa shape index (κ2) is 8.73. The van der Waals surface area contributed by atoms with Crippen LogP contribution >= 0.6 is 0 Å². The molecule has 0 fully saturated rings. The van der Waals surface area contributed by atoms with Crippen LogP contribution in [0.25, 0.3) is 0 Å². The predicted molar refractivity (Wildman–Crippen MR) is 116 cm³/mol. The molecule has 0 amide bonds. The van der Waals surface area contributed by atoms with Crippen molar-refractivity contribution in [3.05, 3.63) is 92.1 Å². The highest BCUT2D eigenvalue weighted by molar-refractivity contribution is 7.87. The van der Waals surface area contributed by atoms with Crippen LogP contribution in [-0.4, -0.2) is 30.5 Å². The summed E-state index contributed by atoms with van der Waals surface area (Å²) in [5.41, 5.74) is -1.13. The number of aryl methyl sites for hydroxylation is 1. The average molecular weight is 481 g/mol. The van der Waals surface area contributed by atoms with Gasteiger partial charge in [-0.2, -0.15) is 16.8 Å². The van der Waals surface area contributed by atoms with Crippen LogP contribution in [0.5, 0.6) is 5.88 Å². The van der Waals surface area contributed by atoms with Crippen molar-refractivity contribution in [3.8, 4) is 5.88 Å². The molecule has 10 nitrogen and oxygen atoms in total. The van der Waals surface area contributed by atoms with E-state index in [-0.39, 0.29) is 16.9 Å². The molecule has 32 heavy (non-hydrogen) atoms. The lowest BCUT2D eigenvalue weighted by molar-refractivity contribution is 0.436. The number of benzene rings is 2. The lowest BCUT2D eigenvalue weighted by atomic mass is 10.1. The standard InChI is InChI=1S/C20H20N2O8S2/c1-14-8-10-16(11-9-14)32(28,29)30-19-17(12-15-6-4-3-5-7-15)18(23)22(13-31(25,26)27)20(24)21(19)2/h3-11H,12-13H2,1-2H3,(H,25,26,27). The van der Waals surface area contributed by atoms with Gasteiger partial charge < -0.3 is 4.18 Å². The molecule has 0 spiro atoms. The van der Waals surface area contributed by atoms with Gasteiger partial charge in [0, 0.05) is 13.5 Å². The number of rotatable bonds is 7. The van der Waals surface area contributed by atoms with Crippen molar-refractivity contribution in [2.24, 2.45) is 7.05 Å². The molecule has 1 aromatic heterocycles. The van der Waals surface area contributed by atoms with Gasteiger partial charge in [-0.3, -0.25) is 13.9 Å². The lowest BCUT2D eigenvalue weighted by Crippen LogP contribution is -2.43. The molecule has 3 rings (SSSR count). The SMILES string of the molecule is Cc1ccc(S(=O)(=O)Oc2c(Cc3ccccc3)c(=O)n(CS(=O)(=O)O)c(=O)n2C)cc1. The van der Waals surface area contributed by atoms with Crippen molar-refractivity contribution >= 4 is 20.2 Å². The molecular weight excluding hydrogens is 460 g/mol. The van der Waals surface area contributed by atoms with Crippen molar-refractivity contribution in [2.45, 2.75) is 24.1 Å². The molecule has 0 saturated carbocycles. The van der Waals surface area contributed by atoms with E-state index in [4.69, 9.17) is 8.74 Å². The van der Waals surface area contributed by atoms with Crippen molar-refractivity contribution in [1.82, 2.24) is 9.13 Å². The molecule has 0 aliphatic rings. The maximum Gasteiger partial charge on any atom is 0.340 e. The van der Waals surface area contributed by atoms with Crippen LogP contribution in [0.2, 0.25) is 0 Å². The molecule has 170 valence electrons. The van der Waals surface area contributed by atoms with Gasteiger partial charge in [-0.05, 0) is 24.6 Å². The molecule has 0 radical (unpaired) electrons. The second-order valence-corrected chi connectivity index (χ2v) is 10.1. The van der Waals surface area contributed by atoms with E-state index in [0.29, 0.717) is 10.1 Å². The minimum absolute atomic E-state index is 0.155. The molecule has 0 aliphatic heterocycles. The fourth-order valence-electron chi connectivity index (χ4n) is 3.00. The molecular formula is C20H20N2O8S2. The third-order valence-electron chi connectivity index (χ3n) is 4.60. The maximum atomic E-state index is 13.0. The monoisotopic (exact) mass is 480 g/mol. The van der Waals surface area contributed by atoms with E-state index in [2.05, 4.69) is 0 Å². The van der Waals surface area contributed by atoms with Gasteiger partial charge in [-0.25, -0.2) is 9.36 Å². The van der Waals surface area contributed by atoms with Gasteiger partial charge in [0.05, 0.1) is 5.56 Å². The summed E-state index contributed by atoms with van der Waals surface area (Å²) in [6.07, 6.45) is -0.155. The van der Waals surface area contributed by atoms with E-state index in [1.165, 1.54) is 12.1 Å². The van der Waals surface area contributed by atoms with Gasteiger partial charge in [-0.15, -0.1) is 0 Å². The van der Waals surface area contributed by atoms with Crippen LogP contribution in [0.15, 0.2) is 69.1 Å². The van der Waals surface area contributed by atoms with Crippen LogP contribution in [-0.2, 0) is 39.6 Å². The molecule has 1 N–H and O–H groups in total. The summed E-state index contributed by atoms with van der Waals surface area (Å²) in [6, 6.07) is 14.2. The zero-order valence-electron chi connectivity index (χ0n) is 17.1. The molecule has 0 unspecified atom stereocenters. The quantitative estimate of drug-likeness (QED) is 0.391. The van der Waals surface area contributed by atoms with E-state index in [1.54, 1.807) is 49.4 Å². The Hall–Kier alpha value is -3.22. The summed E-state index contributed by atoms with van der Waals surface area (Å²) in [5.74, 6) is -1.83. The van der Waals surface area contributed by atoms with Crippen LogP contribution in [0.3, 0.4) is 0 Å². The van der Waals surface area contributed by atoms with E-state index in [0.717, 1.165) is 17.2 Å². The van der Waals surface area contributed by atoms with Crippen molar-refractivity contribution in [3.63, 3.8) is 0 Å². The minimum Gasteiger partial charge on any atom is -0.359 e. The van der Waals surface area contributed by atoms with Crippen LogP contribution in [0.4, 0.5) is 0 Å². The average Bonchev–Trinajstić information content (AvgIpc) is 2.72. The van der Waals surface area contributed by atoms with Crippen LogP contribution in [0.1, 0.15) is 16.7 Å². The highest BCUT2D eigenvalue weighted by Crippen LogP contribution is 2.22. The van der Waals surface area contributed by atoms with Crippen LogP contribution in [0, 0.1) is 6.92 Å². The summed E-state index contributed by atoms with van der Waals surface area (Å²) in [6.45, 7) is 1.77. The summed E-state index contributed by atoms with van der Waals surface area (Å²) in [4.78, 5) is 25.5. The van der Waals surface area contributed by atoms with Gasteiger partial charge >= 0.3 is 15.8 Å². The minimum atomic E-state index is -4.73. The summed E-state index contributed by atoms with van der Waals surface area (Å²) in [5, 5.41) is 0. The second-order valence-electron chi connectivity index (χ2n) is 7.08. The Balaban J connectivity index is 2.23. The Kier molecular flexibility index (Phi) is 6.39. The van der Waals surface area contributed by atoms with E-state index in [9.17, 15) is 26.4 Å². The number of aromatic nitrogens is 2. The third kappa shape index (κ3) is 5.15. The Bertz CT molecular complexity index is 1470. The molecule has 2 aromatic carbocycles. The zero-order chi connectivity index (χ0) is 23.7. The van der Waals surface area contributed by atoms with Crippen LogP contribution < -0.4 is 15.4 Å². The Labute approximate surface area is 184 Å². The zero-order valence-corrected chi connectivity index (χ0v) is 18.8. The number of nitrogens with zero attached hydrogens (tertiary/aromatic N) is 2.